The molecule has 0 aliphatic carbocycles. The number of carbonyl (C=O) groups excluding carboxylic acids is 1. The fraction of sp³-hybridized carbons (Fsp3) is 0.118. The molecule has 1 N–H and O–H groups in total. The minimum atomic E-state index is -4.61. The molecule has 3 rings (SSSR count). The summed E-state index contributed by atoms with van der Waals surface area (Å²) < 4.78 is 44.4. The average Bonchev–Trinajstić information content (AvgIpc) is 2.61. The van der Waals surface area contributed by atoms with Crippen molar-refractivity contribution < 1.29 is 22.7 Å². The molecule has 0 aliphatic rings. The smallest absolute Gasteiger partial charge is 0.416 e. The Hall–Kier alpha value is -2.65. The van der Waals surface area contributed by atoms with E-state index in [0.717, 1.165) is 22.8 Å². The third-order valence-electron chi connectivity index (χ3n) is 3.83. The van der Waals surface area contributed by atoms with E-state index in [2.05, 4.69) is 9.72 Å². The lowest BCUT2D eigenvalue weighted by molar-refractivity contribution is -0.137. The zero-order valence-electron chi connectivity index (χ0n) is 13.6. The molecular weight excluding hydrogens is 405 g/mol. The summed E-state index contributed by atoms with van der Waals surface area (Å²) in [6.45, 7) is 0. The Morgan fingerprint density at radius 1 is 1.22 bits per heavy atom. The number of halogens is 4. The van der Waals surface area contributed by atoms with Crippen molar-refractivity contribution in [3.8, 4) is 5.69 Å². The fourth-order valence-electron chi connectivity index (χ4n) is 2.54. The number of benzene rings is 2. The van der Waals surface area contributed by atoms with Gasteiger partial charge in [0, 0.05) is 0 Å². The quantitative estimate of drug-likeness (QED) is 0.495. The van der Waals surface area contributed by atoms with Crippen molar-refractivity contribution in [3.63, 3.8) is 0 Å². The molecule has 5 nitrogen and oxygen atoms in total. The predicted molar refractivity (Wildman–Crippen MR) is 96.1 cm³/mol. The molecule has 3 aromatic rings. The maximum Gasteiger partial charge on any atom is 0.416 e. The summed E-state index contributed by atoms with van der Waals surface area (Å²) in [4.78, 5) is 27.2. The van der Waals surface area contributed by atoms with E-state index in [9.17, 15) is 22.8 Å². The monoisotopic (exact) mass is 414 g/mol. The first kappa shape index (κ1) is 19.1. The van der Waals surface area contributed by atoms with Crippen LogP contribution < -0.4 is 5.56 Å². The first-order valence-electron chi connectivity index (χ1n) is 7.38. The van der Waals surface area contributed by atoms with Crippen LogP contribution in [-0.4, -0.2) is 22.6 Å². The van der Waals surface area contributed by atoms with E-state index in [0.29, 0.717) is 0 Å². The van der Waals surface area contributed by atoms with Gasteiger partial charge in [0.15, 0.2) is 4.77 Å². The number of fused-ring (bicyclic) bond motifs is 1. The molecule has 0 radical (unpaired) electrons. The van der Waals surface area contributed by atoms with E-state index < -0.39 is 23.3 Å². The normalized spacial score (nSPS) is 11.6. The Labute approximate surface area is 160 Å². The standard InChI is InChI=1S/C17H10ClF3N2O3S/c1-26-15(25)8-2-4-10-12(6-8)22-16(27)23(14(10)24)13-7-9(17(19,20)21)3-5-11(13)18/h2-7H,1H3,(H,22,27). The third kappa shape index (κ3) is 3.47. The predicted octanol–water partition coefficient (Wildman–Crippen LogP) is 4.51. The molecule has 0 spiro atoms. The van der Waals surface area contributed by atoms with Crippen molar-refractivity contribution in [3.05, 3.63) is 67.7 Å². The van der Waals surface area contributed by atoms with Crippen LogP contribution >= 0.6 is 23.8 Å². The summed E-state index contributed by atoms with van der Waals surface area (Å²) in [6, 6.07) is 6.70. The molecule has 10 heteroatoms. The number of aromatic amines is 1. The van der Waals surface area contributed by atoms with Gasteiger partial charge in [-0.15, -0.1) is 0 Å². The molecule has 0 fully saturated rings. The number of rotatable bonds is 2. The molecule has 0 saturated carbocycles. The molecule has 27 heavy (non-hydrogen) atoms. The number of carbonyl (C=O) groups is 1. The molecule has 0 bridgehead atoms. The third-order valence-corrected chi connectivity index (χ3v) is 4.44. The van der Waals surface area contributed by atoms with Crippen LogP contribution in [0.4, 0.5) is 13.2 Å². The van der Waals surface area contributed by atoms with Crippen LogP contribution in [0.25, 0.3) is 16.6 Å². The van der Waals surface area contributed by atoms with Gasteiger partial charge in [-0.3, -0.25) is 9.36 Å². The number of aromatic nitrogens is 2. The minimum Gasteiger partial charge on any atom is -0.465 e. The summed E-state index contributed by atoms with van der Waals surface area (Å²) in [5.74, 6) is -0.610. The highest BCUT2D eigenvalue weighted by Gasteiger charge is 2.31. The van der Waals surface area contributed by atoms with Crippen LogP contribution in [-0.2, 0) is 10.9 Å². The molecule has 2 aromatic carbocycles. The zero-order valence-corrected chi connectivity index (χ0v) is 15.1. The van der Waals surface area contributed by atoms with Crippen LogP contribution in [0, 0.1) is 4.77 Å². The largest absolute Gasteiger partial charge is 0.465 e. The van der Waals surface area contributed by atoms with Gasteiger partial charge < -0.3 is 9.72 Å². The van der Waals surface area contributed by atoms with Crippen molar-refractivity contribution in [2.45, 2.75) is 6.18 Å². The highest BCUT2D eigenvalue weighted by atomic mass is 35.5. The molecular formula is C17H10ClF3N2O3S. The maximum absolute atomic E-state index is 13.0. The lowest BCUT2D eigenvalue weighted by Gasteiger charge is -2.13. The van der Waals surface area contributed by atoms with E-state index in [1.165, 1.54) is 25.3 Å². The highest BCUT2D eigenvalue weighted by Crippen LogP contribution is 2.33. The minimum absolute atomic E-state index is 0.0740. The topological polar surface area (TPSA) is 64.1 Å². The number of nitrogens with one attached hydrogen (secondary N) is 1. The number of hydrogen-bond donors (Lipinski definition) is 1. The summed E-state index contributed by atoms with van der Waals surface area (Å²) in [6.07, 6.45) is -4.61. The van der Waals surface area contributed by atoms with Gasteiger partial charge in [-0.05, 0) is 48.6 Å². The SMILES string of the molecule is COC(=O)c1ccc2c(=O)n(-c3cc(C(F)(F)F)ccc3Cl)c(=S)[nH]c2c1. The Balaban J connectivity index is 2.30. The number of H-pyrrole nitrogens is 1. The van der Waals surface area contributed by atoms with Gasteiger partial charge in [0.1, 0.15) is 0 Å². The Kier molecular flexibility index (Phi) is 4.83. The second-order valence-electron chi connectivity index (χ2n) is 5.49. The average molecular weight is 415 g/mol. The molecule has 0 atom stereocenters. The number of nitrogens with zero attached hydrogens (tertiary/aromatic N) is 1. The van der Waals surface area contributed by atoms with Gasteiger partial charge in [0.05, 0.1) is 39.8 Å². The Morgan fingerprint density at radius 2 is 1.93 bits per heavy atom. The molecule has 0 unspecified atom stereocenters. The molecule has 0 amide bonds. The van der Waals surface area contributed by atoms with E-state index in [1.54, 1.807) is 0 Å². The van der Waals surface area contributed by atoms with Gasteiger partial charge >= 0.3 is 12.1 Å². The molecule has 1 heterocycles. The van der Waals surface area contributed by atoms with E-state index in [-0.39, 0.29) is 31.9 Å². The van der Waals surface area contributed by atoms with Gasteiger partial charge in [0.25, 0.3) is 5.56 Å². The van der Waals surface area contributed by atoms with E-state index in [4.69, 9.17) is 23.8 Å². The van der Waals surface area contributed by atoms with Crippen LogP contribution in [0.15, 0.2) is 41.2 Å². The second-order valence-corrected chi connectivity index (χ2v) is 6.28. The lowest BCUT2D eigenvalue weighted by Crippen LogP contribution is -2.21. The van der Waals surface area contributed by atoms with Crippen LogP contribution in [0.1, 0.15) is 15.9 Å². The van der Waals surface area contributed by atoms with E-state index in [1.807, 2.05) is 0 Å². The zero-order chi connectivity index (χ0) is 19.9. The van der Waals surface area contributed by atoms with Crippen LogP contribution in [0.5, 0.6) is 0 Å². The number of ether oxygens (including phenoxy) is 1. The second kappa shape index (κ2) is 6.82. The van der Waals surface area contributed by atoms with E-state index >= 15 is 0 Å². The first-order chi connectivity index (χ1) is 12.6. The van der Waals surface area contributed by atoms with Gasteiger partial charge in [0.2, 0.25) is 0 Å². The number of hydrogen-bond acceptors (Lipinski definition) is 4. The Morgan fingerprint density at radius 3 is 2.56 bits per heavy atom. The van der Waals surface area contributed by atoms with Crippen molar-refractivity contribution >= 4 is 40.7 Å². The van der Waals surface area contributed by atoms with Crippen molar-refractivity contribution in [1.82, 2.24) is 9.55 Å². The van der Waals surface area contributed by atoms with Gasteiger partial charge in [-0.1, -0.05) is 11.6 Å². The van der Waals surface area contributed by atoms with Crippen LogP contribution in [0.2, 0.25) is 5.02 Å². The summed E-state index contributed by atoms with van der Waals surface area (Å²) >= 11 is 11.1. The summed E-state index contributed by atoms with van der Waals surface area (Å²) in [5, 5.41) is 0.0415. The fourth-order valence-corrected chi connectivity index (χ4v) is 3.04. The van der Waals surface area contributed by atoms with Crippen LogP contribution in [0.3, 0.4) is 0 Å². The highest BCUT2D eigenvalue weighted by molar-refractivity contribution is 7.71. The maximum atomic E-state index is 13.0. The molecule has 0 saturated heterocycles. The molecule has 140 valence electrons. The van der Waals surface area contributed by atoms with Gasteiger partial charge in [-0.2, -0.15) is 13.2 Å². The van der Waals surface area contributed by atoms with Crippen molar-refractivity contribution in [1.29, 1.82) is 0 Å². The Bertz CT molecular complexity index is 1180. The van der Waals surface area contributed by atoms with Gasteiger partial charge in [-0.25, -0.2) is 4.79 Å². The summed E-state index contributed by atoms with van der Waals surface area (Å²) in [7, 11) is 1.21. The van der Waals surface area contributed by atoms with Crippen molar-refractivity contribution in [2.75, 3.05) is 7.11 Å². The number of esters is 1. The number of methoxy groups -OCH3 is 1. The molecule has 1 aromatic heterocycles. The van der Waals surface area contributed by atoms with Crippen molar-refractivity contribution in [2.24, 2.45) is 0 Å². The number of alkyl halides is 3. The molecule has 0 aliphatic heterocycles. The lowest BCUT2D eigenvalue weighted by atomic mass is 10.1. The first-order valence-corrected chi connectivity index (χ1v) is 8.16. The summed E-state index contributed by atoms with van der Waals surface area (Å²) in [5.41, 5.74) is -1.41.